The molecule has 29 heavy (non-hydrogen) atoms. The van der Waals surface area contributed by atoms with Crippen molar-refractivity contribution in [3.8, 4) is 0 Å². The molecular weight excluding hydrogens is 447 g/mol. The summed E-state index contributed by atoms with van der Waals surface area (Å²) >= 11 is 3.37. The molecule has 0 aliphatic carbocycles. The molecule has 0 saturated heterocycles. The van der Waals surface area contributed by atoms with Crippen LogP contribution < -0.4 is 4.48 Å². The molecule has 1 heterocycles. The van der Waals surface area contributed by atoms with Crippen LogP contribution in [0.5, 0.6) is 0 Å². The number of allylic oxidation sites excluding steroid dienone is 1. The summed E-state index contributed by atoms with van der Waals surface area (Å²) in [6, 6.07) is 14.0. The summed E-state index contributed by atoms with van der Waals surface area (Å²) < 4.78 is 45.7. The maximum absolute atomic E-state index is 14.0. The first-order valence-corrected chi connectivity index (χ1v) is 10.2. The molecule has 154 valence electrons. The highest BCUT2D eigenvalue weighted by atomic mass is 79.9. The molecule has 0 N–H and O–H groups in total. The standard InChI is InChI=1S/C22H22BrF3NO2/c1-21(2,3)27(17-11-7-10-16(12-17)22(24,25)26)14-29-18(13-23)19(20(27)28)15-8-5-4-6-9-15/h4-12H,13-14H2,1-3H3/q+1. The van der Waals surface area contributed by atoms with Gasteiger partial charge in [-0.2, -0.15) is 17.7 Å². The number of quaternary nitrogens is 1. The van der Waals surface area contributed by atoms with Crippen LogP contribution in [0.15, 0.2) is 60.4 Å². The number of amides is 1. The first-order chi connectivity index (χ1) is 13.5. The SMILES string of the molecule is CC(C)(C)[N+]1(c2cccc(C(F)(F)F)c2)COC(CBr)=C(c2ccccc2)C1=O. The molecule has 1 unspecified atom stereocenters. The zero-order valence-electron chi connectivity index (χ0n) is 16.4. The topological polar surface area (TPSA) is 26.3 Å². The van der Waals surface area contributed by atoms with E-state index in [1.165, 1.54) is 6.07 Å². The van der Waals surface area contributed by atoms with Gasteiger partial charge in [-0.25, -0.2) is 4.79 Å². The van der Waals surface area contributed by atoms with Gasteiger partial charge in [-0.3, -0.25) is 0 Å². The van der Waals surface area contributed by atoms with Crippen molar-refractivity contribution in [2.75, 3.05) is 12.1 Å². The van der Waals surface area contributed by atoms with Gasteiger partial charge in [0.1, 0.15) is 22.6 Å². The fourth-order valence-electron chi connectivity index (χ4n) is 3.61. The average molecular weight is 469 g/mol. The molecule has 3 rings (SSSR count). The van der Waals surface area contributed by atoms with Crippen LogP contribution in [0.2, 0.25) is 0 Å². The third kappa shape index (κ3) is 3.73. The van der Waals surface area contributed by atoms with Crippen LogP contribution >= 0.6 is 15.9 Å². The van der Waals surface area contributed by atoms with E-state index in [1.54, 1.807) is 18.2 Å². The minimum Gasteiger partial charge on any atom is -0.447 e. The van der Waals surface area contributed by atoms with Crippen LogP contribution in [-0.2, 0) is 15.7 Å². The van der Waals surface area contributed by atoms with Crippen molar-refractivity contribution in [2.24, 2.45) is 0 Å². The zero-order valence-corrected chi connectivity index (χ0v) is 18.0. The Morgan fingerprint density at radius 3 is 2.24 bits per heavy atom. The first-order valence-electron chi connectivity index (χ1n) is 9.10. The predicted molar refractivity (Wildman–Crippen MR) is 111 cm³/mol. The van der Waals surface area contributed by atoms with Gasteiger partial charge in [0.15, 0.2) is 0 Å². The molecule has 0 bridgehead atoms. The third-order valence-corrected chi connectivity index (χ3v) is 5.72. The lowest BCUT2D eigenvalue weighted by molar-refractivity contribution is -0.140. The molecule has 1 atom stereocenters. The Balaban J connectivity index is 2.26. The molecule has 3 nitrogen and oxygen atoms in total. The monoisotopic (exact) mass is 468 g/mol. The second-order valence-electron chi connectivity index (χ2n) is 7.91. The van der Waals surface area contributed by atoms with Crippen LogP contribution in [0, 0.1) is 0 Å². The summed E-state index contributed by atoms with van der Waals surface area (Å²) in [6.45, 7) is 5.41. The second kappa shape index (κ2) is 7.61. The Labute approximate surface area is 176 Å². The molecule has 0 fully saturated rings. The van der Waals surface area contributed by atoms with Gasteiger partial charge >= 0.3 is 12.1 Å². The average Bonchev–Trinajstić information content (AvgIpc) is 2.67. The summed E-state index contributed by atoms with van der Waals surface area (Å²) in [5, 5.41) is 0.329. The van der Waals surface area contributed by atoms with Crippen LogP contribution in [-0.4, -0.2) is 23.5 Å². The van der Waals surface area contributed by atoms with E-state index in [9.17, 15) is 18.0 Å². The molecule has 1 aliphatic heterocycles. The van der Waals surface area contributed by atoms with Crippen molar-refractivity contribution >= 4 is 33.1 Å². The van der Waals surface area contributed by atoms with Gasteiger partial charge in [0.05, 0.1) is 10.9 Å². The van der Waals surface area contributed by atoms with E-state index in [0.29, 0.717) is 22.2 Å². The lowest BCUT2D eigenvalue weighted by Gasteiger charge is -2.47. The normalized spacial score (nSPS) is 20.6. The van der Waals surface area contributed by atoms with E-state index in [2.05, 4.69) is 15.9 Å². The molecule has 1 aliphatic rings. The summed E-state index contributed by atoms with van der Waals surface area (Å²) in [6.07, 6.45) is -4.50. The maximum Gasteiger partial charge on any atom is 0.416 e. The number of carbonyl (C=O) groups excluding carboxylic acids is 1. The quantitative estimate of drug-likeness (QED) is 0.399. The number of ether oxygens (including phenoxy) is 1. The van der Waals surface area contributed by atoms with Gasteiger partial charge < -0.3 is 4.74 Å². The summed E-state index contributed by atoms with van der Waals surface area (Å²) in [5.41, 5.74) is -0.244. The number of benzene rings is 2. The molecule has 0 saturated carbocycles. The Morgan fingerprint density at radius 2 is 1.69 bits per heavy atom. The van der Waals surface area contributed by atoms with Crippen molar-refractivity contribution < 1.29 is 22.7 Å². The molecule has 0 spiro atoms. The van der Waals surface area contributed by atoms with Gasteiger partial charge in [-0.05, 0) is 38.5 Å². The number of rotatable bonds is 3. The Morgan fingerprint density at radius 1 is 1.03 bits per heavy atom. The highest BCUT2D eigenvalue weighted by Gasteiger charge is 2.55. The minimum atomic E-state index is -4.50. The summed E-state index contributed by atoms with van der Waals surface area (Å²) in [4.78, 5) is 14.0. The van der Waals surface area contributed by atoms with Crippen LogP contribution in [0.25, 0.3) is 5.57 Å². The molecule has 0 aromatic heterocycles. The van der Waals surface area contributed by atoms with E-state index in [0.717, 1.165) is 12.1 Å². The van der Waals surface area contributed by atoms with Crippen molar-refractivity contribution in [1.29, 1.82) is 0 Å². The van der Waals surface area contributed by atoms with Crippen LogP contribution in [0.3, 0.4) is 0 Å². The van der Waals surface area contributed by atoms with E-state index in [1.807, 2.05) is 39.0 Å². The smallest absolute Gasteiger partial charge is 0.416 e. The van der Waals surface area contributed by atoms with Crippen LogP contribution in [0.4, 0.5) is 18.9 Å². The lowest BCUT2D eigenvalue weighted by atomic mass is 9.93. The van der Waals surface area contributed by atoms with E-state index < -0.39 is 17.3 Å². The highest BCUT2D eigenvalue weighted by molar-refractivity contribution is 9.09. The van der Waals surface area contributed by atoms with Gasteiger partial charge in [0.2, 0.25) is 6.73 Å². The maximum atomic E-state index is 14.0. The Hall–Kier alpha value is -2.12. The van der Waals surface area contributed by atoms with Gasteiger partial charge in [0.25, 0.3) is 0 Å². The number of halogens is 4. The van der Waals surface area contributed by atoms with Gasteiger partial charge in [-0.15, -0.1) is 0 Å². The van der Waals surface area contributed by atoms with E-state index in [-0.39, 0.29) is 22.8 Å². The van der Waals surface area contributed by atoms with Crippen LogP contribution in [0.1, 0.15) is 31.9 Å². The Bertz CT molecular complexity index is 949. The number of carbonyl (C=O) groups is 1. The number of alkyl halides is 4. The molecule has 1 amide bonds. The Kier molecular flexibility index (Phi) is 5.66. The molecule has 0 radical (unpaired) electrons. The van der Waals surface area contributed by atoms with Crippen molar-refractivity contribution in [2.45, 2.75) is 32.5 Å². The second-order valence-corrected chi connectivity index (χ2v) is 8.47. The molecule has 2 aromatic carbocycles. The van der Waals surface area contributed by atoms with Gasteiger partial charge in [-0.1, -0.05) is 52.3 Å². The fourth-order valence-corrected chi connectivity index (χ4v) is 4.05. The summed E-state index contributed by atoms with van der Waals surface area (Å²) in [5.74, 6) is 0.190. The van der Waals surface area contributed by atoms with Crippen molar-refractivity contribution in [3.05, 3.63) is 71.5 Å². The highest BCUT2D eigenvalue weighted by Crippen LogP contribution is 2.43. The predicted octanol–water partition coefficient (Wildman–Crippen LogP) is 6.13. The summed E-state index contributed by atoms with van der Waals surface area (Å²) in [7, 11) is 0. The number of nitrogens with zero attached hydrogens (tertiary/aromatic N) is 1. The third-order valence-electron chi connectivity index (χ3n) is 5.22. The van der Waals surface area contributed by atoms with Crippen molar-refractivity contribution in [1.82, 2.24) is 4.48 Å². The largest absolute Gasteiger partial charge is 0.447 e. The number of hydrogen-bond donors (Lipinski definition) is 0. The van der Waals surface area contributed by atoms with Crippen molar-refractivity contribution in [3.63, 3.8) is 0 Å². The van der Waals surface area contributed by atoms with E-state index >= 15 is 0 Å². The number of hydrogen-bond acceptors (Lipinski definition) is 2. The lowest BCUT2D eigenvalue weighted by Crippen LogP contribution is -2.68. The molecular formula is C22H22BrF3NO2+. The fraction of sp³-hybridized carbons (Fsp3) is 0.318. The molecule has 2 aromatic rings. The molecule has 7 heteroatoms. The minimum absolute atomic E-state index is 0.0824. The van der Waals surface area contributed by atoms with E-state index in [4.69, 9.17) is 4.74 Å². The zero-order chi connectivity index (χ0) is 21.4. The first kappa shape index (κ1) is 21.6. The van der Waals surface area contributed by atoms with Gasteiger partial charge in [0, 0.05) is 6.07 Å².